The molecule has 3 nitrogen and oxygen atoms in total. The Balaban J connectivity index is -0.00000000200. The van der Waals surface area contributed by atoms with Crippen molar-refractivity contribution in [2.75, 3.05) is 0 Å². The van der Waals surface area contributed by atoms with Gasteiger partial charge in [0.1, 0.15) is 0 Å². The van der Waals surface area contributed by atoms with Gasteiger partial charge in [-0.25, -0.2) is 0 Å². The van der Waals surface area contributed by atoms with E-state index in [9.17, 15) is 0 Å². The molecule has 0 heterocycles. The molecule has 0 rings (SSSR count). The molecule has 2 N–H and O–H groups in total. The Kier molecular flexibility index (Phi) is 3300. The van der Waals surface area contributed by atoms with Crippen molar-refractivity contribution < 1.29 is 49.6 Å². The molecule has 0 bridgehead atoms. The number of hydrogen-bond acceptors (Lipinski definition) is 2. The summed E-state index contributed by atoms with van der Waals surface area (Å²) in [6.45, 7) is 0. The SMILES string of the molecule is F.F.F.F.O.[O]=[Mo]=[O]. The van der Waals surface area contributed by atoms with E-state index in [1.807, 2.05) is 0 Å². The Hall–Kier alpha value is -0.0317. The molecule has 0 aromatic carbocycles. The van der Waals surface area contributed by atoms with Crippen LogP contribution in [0.5, 0.6) is 0 Å². The molecule has 0 fully saturated rings. The van der Waals surface area contributed by atoms with Crippen molar-refractivity contribution in [1.82, 2.24) is 0 Å². The van der Waals surface area contributed by atoms with E-state index in [1.54, 1.807) is 0 Å². The van der Waals surface area contributed by atoms with E-state index in [4.69, 9.17) is 6.80 Å². The van der Waals surface area contributed by atoms with Crippen molar-refractivity contribution >= 4 is 0 Å². The minimum absolute atomic E-state index is 0. The van der Waals surface area contributed by atoms with Crippen LogP contribution in [0.1, 0.15) is 0 Å². The molecule has 0 radical (unpaired) electrons. The quantitative estimate of drug-likeness (QED) is 0.414. The van der Waals surface area contributed by atoms with Gasteiger partial charge in [-0.05, 0) is 0 Å². The van der Waals surface area contributed by atoms with Gasteiger partial charge in [0.15, 0.2) is 0 Å². The van der Waals surface area contributed by atoms with E-state index < -0.39 is 18.5 Å². The first kappa shape index (κ1) is 99.9. The van der Waals surface area contributed by atoms with Gasteiger partial charge >= 0.3 is 25.3 Å². The van der Waals surface area contributed by atoms with Crippen LogP contribution in [-0.2, 0) is 25.3 Å². The van der Waals surface area contributed by atoms with Gasteiger partial charge in [-0.1, -0.05) is 0 Å². The second kappa shape index (κ2) is 265. The minimum atomic E-state index is -2.03. The molecule has 8 heteroatoms. The average molecular weight is 226 g/mol. The molecule has 0 saturated heterocycles. The van der Waals surface area contributed by atoms with Crippen LogP contribution in [0.2, 0.25) is 0 Å². The summed E-state index contributed by atoms with van der Waals surface area (Å²) >= 11 is -2.03. The normalized spacial score (nSPS) is 1.50. The number of rotatable bonds is 0. The summed E-state index contributed by atoms with van der Waals surface area (Å²) in [5.74, 6) is 0. The molecular formula is H6F4MoO3. The molecule has 58 valence electrons. The topological polar surface area (TPSA) is 65.6 Å². The monoisotopic (exact) mass is 228 g/mol. The molecule has 0 aliphatic heterocycles. The predicted octanol–water partition coefficient (Wildman–Crippen LogP) is -0.455. The van der Waals surface area contributed by atoms with Crippen molar-refractivity contribution in [2.24, 2.45) is 0 Å². The zero-order chi connectivity index (χ0) is 2.71. The Labute approximate surface area is 50.4 Å². The van der Waals surface area contributed by atoms with Crippen LogP contribution in [-0.4, -0.2) is 5.48 Å². The Morgan fingerprint density at radius 1 is 0.750 bits per heavy atom. The van der Waals surface area contributed by atoms with Gasteiger partial charge < -0.3 is 5.48 Å². The van der Waals surface area contributed by atoms with Crippen LogP contribution in [0, 0.1) is 0 Å². The van der Waals surface area contributed by atoms with Crippen molar-refractivity contribution in [3.63, 3.8) is 0 Å². The average Bonchev–Trinajstić information content (AvgIpc) is 0.918. The van der Waals surface area contributed by atoms with Crippen LogP contribution >= 0.6 is 0 Å². The van der Waals surface area contributed by atoms with E-state index in [2.05, 4.69) is 0 Å². The summed E-state index contributed by atoms with van der Waals surface area (Å²) in [6.07, 6.45) is 0. The maximum absolute atomic E-state index is 8.50. The van der Waals surface area contributed by atoms with Crippen molar-refractivity contribution in [1.29, 1.82) is 0 Å². The molecule has 8 heavy (non-hydrogen) atoms. The fourth-order valence-electron chi connectivity index (χ4n) is 0. The van der Waals surface area contributed by atoms with Gasteiger partial charge in [-0.15, -0.1) is 0 Å². The first-order chi connectivity index (χ1) is 1.41. The zero-order valence-corrected chi connectivity index (χ0v) is 5.36. The van der Waals surface area contributed by atoms with E-state index in [1.165, 1.54) is 0 Å². The summed E-state index contributed by atoms with van der Waals surface area (Å²) in [6, 6.07) is 0. The van der Waals surface area contributed by atoms with Crippen LogP contribution in [0.4, 0.5) is 18.8 Å². The summed E-state index contributed by atoms with van der Waals surface area (Å²) in [5.41, 5.74) is 0. The molecule has 0 atom stereocenters. The zero-order valence-electron chi connectivity index (χ0n) is 3.36. The van der Waals surface area contributed by atoms with E-state index >= 15 is 0 Å². The van der Waals surface area contributed by atoms with Gasteiger partial charge in [-0.2, -0.15) is 0 Å². The Bertz CT molecular complexity index is 32.3. The Morgan fingerprint density at radius 2 is 0.750 bits per heavy atom. The molecule has 0 spiro atoms. The second-order valence-corrected chi connectivity index (χ2v) is 0.403. The van der Waals surface area contributed by atoms with Gasteiger partial charge in [-0.3, -0.25) is 18.8 Å². The predicted molar refractivity (Wildman–Crippen MR) is 15.0 cm³/mol. The van der Waals surface area contributed by atoms with Crippen LogP contribution in [0.3, 0.4) is 0 Å². The molecule has 0 aromatic heterocycles. The van der Waals surface area contributed by atoms with E-state index in [0.717, 1.165) is 0 Å². The molecule has 0 saturated carbocycles. The summed E-state index contributed by atoms with van der Waals surface area (Å²) in [4.78, 5) is 0. The van der Waals surface area contributed by atoms with Gasteiger partial charge in [0.25, 0.3) is 0 Å². The summed E-state index contributed by atoms with van der Waals surface area (Å²) in [7, 11) is 0. The first-order valence-electron chi connectivity index (χ1n) is 0.333. The van der Waals surface area contributed by atoms with Gasteiger partial charge in [0.05, 0.1) is 0 Å². The van der Waals surface area contributed by atoms with Crippen LogP contribution in [0.15, 0.2) is 0 Å². The molecular weight excluding hydrogens is 220 g/mol. The number of halogens is 4. The summed E-state index contributed by atoms with van der Waals surface area (Å²) in [5, 5.41) is 0. The molecule has 0 aliphatic carbocycles. The van der Waals surface area contributed by atoms with Gasteiger partial charge in [0, 0.05) is 0 Å². The van der Waals surface area contributed by atoms with Crippen molar-refractivity contribution in [2.45, 2.75) is 0 Å². The van der Waals surface area contributed by atoms with E-state index in [-0.39, 0.29) is 24.3 Å². The first-order valence-corrected chi connectivity index (χ1v) is 1.97. The van der Waals surface area contributed by atoms with Crippen molar-refractivity contribution in [3.8, 4) is 0 Å². The fraction of sp³-hybridized carbons (Fsp3) is 0. The third-order valence-corrected chi connectivity index (χ3v) is 0. The summed E-state index contributed by atoms with van der Waals surface area (Å²) < 4.78 is 17.0. The molecule has 0 aromatic rings. The molecule has 0 aliphatic rings. The molecule has 0 amide bonds. The molecule has 0 unspecified atom stereocenters. The van der Waals surface area contributed by atoms with Crippen LogP contribution < -0.4 is 0 Å². The fourth-order valence-corrected chi connectivity index (χ4v) is 0. The maximum atomic E-state index is 8.50. The standard InChI is InChI=1S/4FH.Mo.H2O.2O/h4*1H;;1H2;;. The number of hydrogen-bond donors (Lipinski definition) is 0. The second-order valence-electron chi connectivity index (χ2n) is 0.0680. The van der Waals surface area contributed by atoms with Crippen LogP contribution in [0.25, 0.3) is 0 Å². The third-order valence-electron chi connectivity index (χ3n) is 0. The van der Waals surface area contributed by atoms with Crippen molar-refractivity contribution in [3.05, 3.63) is 0 Å². The van der Waals surface area contributed by atoms with E-state index in [0.29, 0.717) is 0 Å². The Morgan fingerprint density at radius 3 is 0.750 bits per heavy atom. The third kappa shape index (κ3) is 147000. The van der Waals surface area contributed by atoms with Gasteiger partial charge in [0.2, 0.25) is 0 Å².